The number of nitrogens with one attached hydrogen (secondary N) is 1. The summed E-state index contributed by atoms with van der Waals surface area (Å²) in [6.45, 7) is 11.1. The quantitative estimate of drug-likeness (QED) is 0.256. The molecule has 1 aromatic heterocycles. The van der Waals surface area contributed by atoms with Gasteiger partial charge in [0.1, 0.15) is 17.2 Å². The highest BCUT2D eigenvalue weighted by atomic mass is 16.6. The summed E-state index contributed by atoms with van der Waals surface area (Å²) in [5.74, 6) is 0.0120. The van der Waals surface area contributed by atoms with E-state index in [1.807, 2.05) is 51.2 Å². The number of hydrogen-bond donors (Lipinski definition) is 1. The summed E-state index contributed by atoms with van der Waals surface area (Å²) in [6, 6.07) is 12.0. The van der Waals surface area contributed by atoms with Crippen LogP contribution in [0.1, 0.15) is 103 Å². The Hall–Kier alpha value is -3.66. The van der Waals surface area contributed by atoms with Gasteiger partial charge in [-0.25, -0.2) is 9.78 Å². The maximum Gasteiger partial charge on any atom is 0.410 e. The van der Waals surface area contributed by atoms with Crippen LogP contribution in [0.2, 0.25) is 0 Å². The number of amides is 3. The second-order valence-corrected chi connectivity index (χ2v) is 15.0. The van der Waals surface area contributed by atoms with Crippen molar-refractivity contribution < 1.29 is 28.6 Å². The van der Waals surface area contributed by atoms with E-state index in [9.17, 15) is 14.4 Å². The first-order valence-corrected chi connectivity index (χ1v) is 17.7. The smallest absolute Gasteiger partial charge is 0.410 e. The Morgan fingerprint density at radius 2 is 1.73 bits per heavy atom. The van der Waals surface area contributed by atoms with Gasteiger partial charge >= 0.3 is 6.09 Å². The molecule has 48 heavy (non-hydrogen) atoms. The number of rotatable bonds is 12. The third-order valence-corrected chi connectivity index (χ3v) is 9.62. The number of carbonyl (C=O) groups is 3. The summed E-state index contributed by atoms with van der Waals surface area (Å²) >= 11 is 0. The van der Waals surface area contributed by atoms with Gasteiger partial charge in [-0.3, -0.25) is 14.5 Å². The molecule has 3 amide bonds. The Labute approximate surface area is 285 Å². The molecular formula is C38H54N4O6. The van der Waals surface area contributed by atoms with Crippen LogP contribution < -0.4 is 15.0 Å². The molecule has 262 valence electrons. The van der Waals surface area contributed by atoms with E-state index in [4.69, 9.17) is 19.2 Å². The number of carbonyl (C=O) groups excluding carboxylic acids is 3. The number of piperidine rings is 1. The van der Waals surface area contributed by atoms with Gasteiger partial charge in [-0.2, -0.15) is 0 Å². The molecule has 1 unspecified atom stereocenters. The van der Waals surface area contributed by atoms with E-state index < -0.39 is 29.1 Å². The minimum atomic E-state index is -0.714. The molecular weight excluding hydrogens is 608 g/mol. The molecule has 10 nitrogen and oxygen atoms in total. The molecule has 2 aliphatic carbocycles. The SMILES string of the molecule is COCCCOc1cc(N(C(=O)[C@@H]2CC(C(=O)NC3(c4ccccc4)CCCC3)CN(C(=O)OC(C)(C)C)C2)C2CC2)ncc1C(C)C. The number of nitrogens with zero attached hydrogens (tertiary/aromatic N) is 3. The van der Waals surface area contributed by atoms with Crippen molar-refractivity contribution in [3.63, 3.8) is 0 Å². The van der Waals surface area contributed by atoms with Gasteiger partial charge in [0.05, 0.1) is 24.0 Å². The molecule has 0 spiro atoms. The molecule has 1 saturated heterocycles. The van der Waals surface area contributed by atoms with Crippen LogP contribution >= 0.6 is 0 Å². The van der Waals surface area contributed by atoms with E-state index in [-0.39, 0.29) is 36.9 Å². The van der Waals surface area contributed by atoms with Crippen molar-refractivity contribution in [1.29, 1.82) is 0 Å². The maximum absolute atomic E-state index is 14.6. The molecule has 2 saturated carbocycles. The van der Waals surface area contributed by atoms with Crippen molar-refractivity contribution in [1.82, 2.24) is 15.2 Å². The normalized spacial score (nSPS) is 20.8. The zero-order valence-electron chi connectivity index (χ0n) is 29.6. The number of hydrogen-bond acceptors (Lipinski definition) is 7. The number of aromatic nitrogens is 1. The van der Waals surface area contributed by atoms with E-state index in [0.29, 0.717) is 31.2 Å². The zero-order valence-corrected chi connectivity index (χ0v) is 29.6. The third kappa shape index (κ3) is 8.67. The van der Waals surface area contributed by atoms with Crippen LogP contribution in [0.4, 0.5) is 10.6 Å². The number of methoxy groups -OCH3 is 1. The number of anilines is 1. The number of pyridine rings is 1. The summed E-state index contributed by atoms with van der Waals surface area (Å²) in [5, 5.41) is 3.41. The van der Waals surface area contributed by atoms with Crippen LogP contribution in [0, 0.1) is 11.8 Å². The maximum atomic E-state index is 14.6. The monoisotopic (exact) mass is 662 g/mol. The lowest BCUT2D eigenvalue weighted by Gasteiger charge is -2.40. The molecule has 1 aromatic carbocycles. The van der Waals surface area contributed by atoms with Gasteiger partial charge in [-0.15, -0.1) is 0 Å². The molecule has 2 atom stereocenters. The average molecular weight is 663 g/mol. The molecule has 0 radical (unpaired) electrons. The summed E-state index contributed by atoms with van der Waals surface area (Å²) in [5.41, 5.74) is 0.909. The molecule has 0 bridgehead atoms. The fourth-order valence-electron chi connectivity index (χ4n) is 7.03. The summed E-state index contributed by atoms with van der Waals surface area (Å²) in [4.78, 5) is 50.3. The van der Waals surface area contributed by atoms with E-state index >= 15 is 0 Å². The largest absolute Gasteiger partial charge is 0.493 e. The lowest BCUT2D eigenvalue weighted by molar-refractivity contribution is -0.132. The minimum absolute atomic E-state index is 0.0141. The highest BCUT2D eigenvalue weighted by Crippen LogP contribution is 2.41. The zero-order chi connectivity index (χ0) is 34.5. The van der Waals surface area contributed by atoms with E-state index in [0.717, 1.165) is 56.1 Å². The Morgan fingerprint density at radius 3 is 2.35 bits per heavy atom. The second kappa shape index (κ2) is 15.3. The van der Waals surface area contributed by atoms with Gasteiger partial charge < -0.3 is 24.4 Å². The van der Waals surface area contributed by atoms with Crippen molar-refractivity contribution >= 4 is 23.7 Å². The lowest BCUT2D eigenvalue weighted by atomic mass is 9.84. The van der Waals surface area contributed by atoms with Crippen molar-refractivity contribution in [3.05, 3.63) is 53.7 Å². The van der Waals surface area contributed by atoms with Gasteiger partial charge in [-0.1, -0.05) is 57.0 Å². The fourth-order valence-corrected chi connectivity index (χ4v) is 7.03. The van der Waals surface area contributed by atoms with Crippen LogP contribution in [0.25, 0.3) is 0 Å². The standard InChI is InChI=1S/C38H54N4O6/c1-26(2)31-23-39-33(22-32(31)47-20-12-19-46-6)42(30-15-16-30)35(44)28-21-27(24-41(25-28)36(45)48-37(3,4)5)34(43)40-38(17-10-11-18-38)29-13-8-7-9-14-29/h7-9,13-14,22-23,26-28,30H,10-12,15-21,24-25H2,1-6H3,(H,40,43)/t27?,28-/m1/s1. The van der Waals surface area contributed by atoms with E-state index in [2.05, 4.69) is 31.3 Å². The van der Waals surface area contributed by atoms with Crippen LogP contribution in [-0.4, -0.2) is 72.8 Å². The van der Waals surface area contributed by atoms with Crippen LogP contribution in [0.5, 0.6) is 5.75 Å². The first-order chi connectivity index (χ1) is 22.9. The highest BCUT2D eigenvalue weighted by molar-refractivity contribution is 5.96. The molecule has 1 aliphatic heterocycles. The van der Waals surface area contributed by atoms with Crippen molar-refractivity contribution in [2.45, 2.75) is 109 Å². The predicted molar refractivity (Wildman–Crippen MR) is 185 cm³/mol. The van der Waals surface area contributed by atoms with Crippen LogP contribution in [0.15, 0.2) is 42.6 Å². The van der Waals surface area contributed by atoms with Gasteiger partial charge in [0.2, 0.25) is 11.8 Å². The topological polar surface area (TPSA) is 110 Å². The van der Waals surface area contributed by atoms with E-state index in [1.165, 1.54) is 0 Å². The lowest BCUT2D eigenvalue weighted by Crippen LogP contribution is -2.55. The Balaban J connectivity index is 1.42. The van der Waals surface area contributed by atoms with Gasteiger partial charge in [-0.05, 0) is 64.4 Å². The Kier molecular flexibility index (Phi) is 11.3. The summed E-state index contributed by atoms with van der Waals surface area (Å²) in [6.07, 6.45) is 7.89. The Morgan fingerprint density at radius 1 is 1.04 bits per heavy atom. The first-order valence-electron chi connectivity index (χ1n) is 17.7. The van der Waals surface area contributed by atoms with Gasteiger partial charge in [0.25, 0.3) is 0 Å². The fraction of sp³-hybridized carbons (Fsp3) is 0.632. The van der Waals surface area contributed by atoms with Crippen LogP contribution in [0.3, 0.4) is 0 Å². The number of ether oxygens (including phenoxy) is 3. The average Bonchev–Trinajstić information content (AvgIpc) is 3.78. The highest BCUT2D eigenvalue weighted by Gasteiger charge is 2.45. The Bertz CT molecular complexity index is 1410. The molecule has 2 aromatic rings. The first kappa shape index (κ1) is 35.6. The molecule has 3 fully saturated rings. The van der Waals surface area contributed by atoms with E-state index in [1.54, 1.807) is 16.9 Å². The number of benzene rings is 1. The van der Waals surface area contributed by atoms with Gasteiger partial charge in [0.15, 0.2) is 0 Å². The molecule has 5 rings (SSSR count). The van der Waals surface area contributed by atoms with Crippen molar-refractivity contribution in [3.8, 4) is 5.75 Å². The summed E-state index contributed by atoms with van der Waals surface area (Å²) < 4.78 is 17.1. The molecule has 1 N–H and O–H groups in total. The third-order valence-electron chi connectivity index (χ3n) is 9.62. The minimum Gasteiger partial charge on any atom is -0.493 e. The molecule has 3 aliphatic rings. The molecule has 10 heteroatoms. The van der Waals surface area contributed by atoms with Crippen molar-refractivity contribution in [2.75, 3.05) is 38.3 Å². The molecule has 2 heterocycles. The van der Waals surface area contributed by atoms with Crippen molar-refractivity contribution in [2.24, 2.45) is 11.8 Å². The predicted octanol–water partition coefficient (Wildman–Crippen LogP) is 6.57. The summed E-state index contributed by atoms with van der Waals surface area (Å²) in [7, 11) is 1.67. The van der Waals surface area contributed by atoms with Gasteiger partial charge in [0, 0.05) is 57.1 Å². The second-order valence-electron chi connectivity index (χ2n) is 15.0. The number of likely N-dealkylation sites (tertiary alicyclic amines) is 1. The van der Waals surface area contributed by atoms with Crippen LogP contribution in [-0.2, 0) is 24.6 Å².